The highest BCUT2D eigenvalue weighted by atomic mass is 19.3. The Bertz CT molecular complexity index is 675. The van der Waals surface area contributed by atoms with E-state index in [1.807, 2.05) is 0 Å². The molecule has 1 N–H and O–H groups in total. The molecular weight excluding hydrogens is 354 g/mol. The van der Waals surface area contributed by atoms with Crippen molar-refractivity contribution in [3.63, 3.8) is 0 Å². The number of hydrogen-bond donors (Lipinski definition) is 1. The van der Waals surface area contributed by atoms with E-state index in [4.69, 9.17) is 0 Å². The zero-order valence-corrected chi connectivity index (χ0v) is 15.5. The van der Waals surface area contributed by atoms with E-state index in [0.29, 0.717) is 19.0 Å². The van der Waals surface area contributed by atoms with Gasteiger partial charge in [0.25, 0.3) is 5.92 Å². The van der Waals surface area contributed by atoms with Crippen LogP contribution in [0.1, 0.15) is 19.8 Å². The number of anilines is 1. The SMILES string of the molecule is CC1CN(c2ncccn2)CCN1[C@@H]1CN[C@H](C(=O)N2CCC(F)(F)C2)C1. The summed E-state index contributed by atoms with van der Waals surface area (Å²) in [5, 5.41) is 3.26. The predicted octanol–water partition coefficient (Wildman–Crippen LogP) is 0.585. The lowest BCUT2D eigenvalue weighted by Crippen LogP contribution is -2.56. The van der Waals surface area contributed by atoms with E-state index >= 15 is 0 Å². The molecule has 3 aliphatic heterocycles. The van der Waals surface area contributed by atoms with Crippen molar-refractivity contribution in [1.29, 1.82) is 0 Å². The normalized spacial score (nSPS) is 31.4. The Morgan fingerprint density at radius 3 is 2.70 bits per heavy atom. The van der Waals surface area contributed by atoms with Gasteiger partial charge in [-0.15, -0.1) is 0 Å². The summed E-state index contributed by atoms with van der Waals surface area (Å²) in [4.78, 5) is 27.1. The number of halogens is 2. The fourth-order valence-electron chi connectivity index (χ4n) is 4.45. The third kappa shape index (κ3) is 3.89. The van der Waals surface area contributed by atoms with Gasteiger partial charge in [0.2, 0.25) is 11.9 Å². The van der Waals surface area contributed by atoms with E-state index in [9.17, 15) is 13.6 Å². The van der Waals surface area contributed by atoms with E-state index in [1.165, 1.54) is 4.90 Å². The second kappa shape index (κ2) is 7.27. The van der Waals surface area contributed by atoms with Crippen molar-refractivity contribution in [2.45, 2.75) is 43.8 Å². The minimum absolute atomic E-state index is 0.154. The van der Waals surface area contributed by atoms with Gasteiger partial charge >= 0.3 is 0 Å². The summed E-state index contributed by atoms with van der Waals surface area (Å²) in [6.07, 6.45) is 3.94. The quantitative estimate of drug-likeness (QED) is 0.828. The zero-order valence-electron chi connectivity index (χ0n) is 15.5. The first kappa shape index (κ1) is 18.5. The largest absolute Gasteiger partial charge is 0.338 e. The summed E-state index contributed by atoms with van der Waals surface area (Å²) in [5.41, 5.74) is 0. The van der Waals surface area contributed by atoms with Crippen molar-refractivity contribution in [3.05, 3.63) is 18.5 Å². The molecule has 0 radical (unpaired) electrons. The average molecular weight is 380 g/mol. The lowest BCUT2D eigenvalue weighted by Gasteiger charge is -2.42. The average Bonchev–Trinajstić information content (AvgIpc) is 3.28. The predicted molar refractivity (Wildman–Crippen MR) is 96.8 cm³/mol. The molecule has 148 valence electrons. The summed E-state index contributed by atoms with van der Waals surface area (Å²) >= 11 is 0. The van der Waals surface area contributed by atoms with Crippen LogP contribution in [0.2, 0.25) is 0 Å². The van der Waals surface area contributed by atoms with Crippen LogP contribution in [0, 0.1) is 0 Å². The van der Waals surface area contributed by atoms with Gasteiger partial charge < -0.3 is 15.1 Å². The molecule has 1 unspecified atom stereocenters. The van der Waals surface area contributed by atoms with Gasteiger partial charge in [-0.2, -0.15) is 0 Å². The molecule has 4 heterocycles. The van der Waals surface area contributed by atoms with Crippen LogP contribution in [0.25, 0.3) is 0 Å². The van der Waals surface area contributed by atoms with E-state index in [2.05, 4.69) is 32.0 Å². The fraction of sp³-hybridized carbons (Fsp3) is 0.722. The number of aromatic nitrogens is 2. The fourth-order valence-corrected chi connectivity index (χ4v) is 4.45. The molecule has 0 aliphatic carbocycles. The molecule has 0 spiro atoms. The van der Waals surface area contributed by atoms with Crippen molar-refractivity contribution in [3.8, 4) is 0 Å². The maximum absolute atomic E-state index is 13.4. The molecule has 3 aliphatic rings. The Labute approximate surface area is 157 Å². The number of alkyl halides is 2. The highest BCUT2D eigenvalue weighted by Crippen LogP contribution is 2.29. The van der Waals surface area contributed by atoms with E-state index in [-0.39, 0.29) is 31.0 Å². The minimum Gasteiger partial charge on any atom is -0.338 e. The highest BCUT2D eigenvalue weighted by molar-refractivity contribution is 5.82. The maximum atomic E-state index is 13.4. The molecule has 3 fully saturated rings. The van der Waals surface area contributed by atoms with Gasteiger partial charge in [0.1, 0.15) is 0 Å². The Morgan fingerprint density at radius 1 is 1.26 bits per heavy atom. The minimum atomic E-state index is -2.74. The molecule has 9 heteroatoms. The third-order valence-electron chi connectivity index (χ3n) is 5.87. The number of carbonyl (C=O) groups excluding carboxylic acids is 1. The number of nitrogens with zero attached hydrogens (tertiary/aromatic N) is 5. The Hall–Kier alpha value is -1.87. The number of nitrogens with one attached hydrogen (secondary N) is 1. The number of amides is 1. The summed E-state index contributed by atoms with van der Waals surface area (Å²) in [6.45, 7) is 5.13. The van der Waals surface area contributed by atoms with Crippen LogP contribution in [0.4, 0.5) is 14.7 Å². The first-order chi connectivity index (χ1) is 12.9. The number of likely N-dealkylation sites (tertiary alicyclic amines) is 1. The zero-order chi connectivity index (χ0) is 19.0. The second-order valence-electron chi connectivity index (χ2n) is 7.80. The van der Waals surface area contributed by atoms with Crippen LogP contribution >= 0.6 is 0 Å². The number of hydrogen-bond acceptors (Lipinski definition) is 6. The van der Waals surface area contributed by atoms with Gasteiger partial charge in [-0.05, 0) is 19.4 Å². The molecule has 0 saturated carbocycles. The molecule has 1 aromatic rings. The van der Waals surface area contributed by atoms with Gasteiger partial charge in [-0.1, -0.05) is 0 Å². The van der Waals surface area contributed by atoms with Crippen LogP contribution in [-0.2, 0) is 4.79 Å². The molecule has 0 bridgehead atoms. The van der Waals surface area contributed by atoms with Crippen molar-refractivity contribution in [2.75, 3.05) is 44.2 Å². The Kier molecular flexibility index (Phi) is 4.98. The van der Waals surface area contributed by atoms with Crippen molar-refractivity contribution in [1.82, 2.24) is 25.1 Å². The molecule has 1 amide bonds. The molecule has 7 nitrogen and oxygen atoms in total. The summed E-state index contributed by atoms with van der Waals surface area (Å²) < 4.78 is 26.8. The van der Waals surface area contributed by atoms with Crippen LogP contribution < -0.4 is 10.2 Å². The van der Waals surface area contributed by atoms with E-state index < -0.39 is 12.5 Å². The van der Waals surface area contributed by atoms with Crippen LogP contribution in [0.5, 0.6) is 0 Å². The Morgan fingerprint density at radius 2 is 2.04 bits per heavy atom. The third-order valence-corrected chi connectivity index (χ3v) is 5.87. The van der Waals surface area contributed by atoms with Crippen molar-refractivity contribution < 1.29 is 13.6 Å². The summed E-state index contributed by atoms with van der Waals surface area (Å²) in [5.74, 6) is -2.17. The van der Waals surface area contributed by atoms with Gasteiger partial charge in [0, 0.05) is 63.6 Å². The lowest BCUT2D eigenvalue weighted by atomic mass is 10.1. The molecule has 3 atom stereocenters. The van der Waals surface area contributed by atoms with Gasteiger partial charge in [0.05, 0.1) is 12.6 Å². The molecular formula is C18H26F2N6O. The number of rotatable bonds is 3. The lowest BCUT2D eigenvalue weighted by molar-refractivity contribution is -0.133. The molecule has 4 rings (SSSR count). The van der Waals surface area contributed by atoms with Crippen LogP contribution in [0.3, 0.4) is 0 Å². The topological polar surface area (TPSA) is 64.6 Å². The van der Waals surface area contributed by atoms with Gasteiger partial charge in [-0.25, -0.2) is 18.7 Å². The highest BCUT2D eigenvalue weighted by Gasteiger charge is 2.44. The van der Waals surface area contributed by atoms with E-state index in [0.717, 1.165) is 25.6 Å². The Balaban J connectivity index is 1.32. The molecule has 3 saturated heterocycles. The van der Waals surface area contributed by atoms with E-state index in [1.54, 1.807) is 18.5 Å². The smallest absolute Gasteiger partial charge is 0.267 e. The van der Waals surface area contributed by atoms with Crippen molar-refractivity contribution >= 4 is 11.9 Å². The summed E-state index contributed by atoms with van der Waals surface area (Å²) in [6, 6.07) is 2.00. The standard InChI is InChI=1S/C18H26F2N6O/c1-13-11-24(17-21-4-2-5-22-17)7-8-26(13)14-9-15(23-10-14)16(27)25-6-3-18(19,20)12-25/h2,4-5,13-15,23H,3,6-12H2,1H3/t13?,14-,15-/m0/s1. The number of piperazine rings is 1. The molecule has 27 heavy (non-hydrogen) atoms. The molecule has 1 aromatic heterocycles. The summed E-state index contributed by atoms with van der Waals surface area (Å²) in [7, 11) is 0. The first-order valence-electron chi connectivity index (χ1n) is 9.61. The van der Waals surface area contributed by atoms with Crippen molar-refractivity contribution in [2.24, 2.45) is 0 Å². The second-order valence-corrected chi connectivity index (χ2v) is 7.80. The first-order valence-corrected chi connectivity index (χ1v) is 9.61. The van der Waals surface area contributed by atoms with Gasteiger partial charge in [0.15, 0.2) is 0 Å². The van der Waals surface area contributed by atoms with Crippen LogP contribution in [0.15, 0.2) is 18.5 Å². The molecule has 0 aromatic carbocycles. The maximum Gasteiger partial charge on any atom is 0.267 e. The monoisotopic (exact) mass is 380 g/mol. The van der Waals surface area contributed by atoms with Crippen LogP contribution in [-0.4, -0.2) is 89.0 Å². The van der Waals surface area contributed by atoms with Gasteiger partial charge in [-0.3, -0.25) is 9.69 Å². The number of carbonyl (C=O) groups is 1.